The Balaban J connectivity index is 2.18. The van der Waals surface area contributed by atoms with Crippen LogP contribution < -0.4 is 5.32 Å². The number of aryl methyl sites for hydroxylation is 1. The molecule has 0 radical (unpaired) electrons. The summed E-state index contributed by atoms with van der Waals surface area (Å²) < 4.78 is 0. The standard InChI is InChI=1S/C11H13NO/c1-7-3-5-9(6-4-7)10-8(2)11(13)12-10/h3-6,8,10H,1-2H3,(H,12,13)/t8-,10+/m0/s1. The third-order valence-electron chi connectivity index (χ3n) is 2.65. The van der Waals surface area contributed by atoms with Crippen LogP contribution in [0.15, 0.2) is 24.3 Å². The summed E-state index contributed by atoms with van der Waals surface area (Å²) in [7, 11) is 0. The van der Waals surface area contributed by atoms with Gasteiger partial charge in [0.2, 0.25) is 5.91 Å². The van der Waals surface area contributed by atoms with Crippen LogP contribution in [0, 0.1) is 12.8 Å². The number of nitrogens with one attached hydrogen (secondary N) is 1. The van der Waals surface area contributed by atoms with Gasteiger partial charge < -0.3 is 5.32 Å². The molecule has 0 saturated carbocycles. The highest BCUT2D eigenvalue weighted by atomic mass is 16.2. The van der Waals surface area contributed by atoms with Crippen molar-refractivity contribution in [3.63, 3.8) is 0 Å². The summed E-state index contributed by atoms with van der Waals surface area (Å²) in [5.74, 6) is 0.285. The Morgan fingerprint density at radius 2 is 1.85 bits per heavy atom. The van der Waals surface area contributed by atoms with Gasteiger partial charge in [-0.1, -0.05) is 36.8 Å². The van der Waals surface area contributed by atoms with E-state index in [0.717, 1.165) is 0 Å². The first kappa shape index (κ1) is 8.30. The van der Waals surface area contributed by atoms with Crippen LogP contribution >= 0.6 is 0 Å². The van der Waals surface area contributed by atoms with E-state index in [2.05, 4.69) is 36.5 Å². The van der Waals surface area contributed by atoms with E-state index in [1.54, 1.807) is 0 Å². The maximum absolute atomic E-state index is 11.0. The van der Waals surface area contributed by atoms with Crippen LogP contribution in [0.3, 0.4) is 0 Å². The van der Waals surface area contributed by atoms with Crippen molar-refractivity contribution in [2.24, 2.45) is 5.92 Å². The molecule has 1 aliphatic rings. The molecule has 1 saturated heterocycles. The summed E-state index contributed by atoms with van der Waals surface area (Å²) in [5.41, 5.74) is 2.46. The van der Waals surface area contributed by atoms with E-state index in [1.807, 2.05) is 6.92 Å². The molecule has 0 bridgehead atoms. The highest BCUT2D eigenvalue weighted by molar-refractivity contribution is 5.85. The summed E-state index contributed by atoms with van der Waals surface area (Å²) in [6.07, 6.45) is 0. The lowest BCUT2D eigenvalue weighted by Gasteiger charge is -2.34. The Morgan fingerprint density at radius 1 is 1.23 bits per heavy atom. The van der Waals surface area contributed by atoms with Gasteiger partial charge in [-0.3, -0.25) is 4.79 Å². The van der Waals surface area contributed by atoms with Gasteiger partial charge in [0.25, 0.3) is 0 Å². The van der Waals surface area contributed by atoms with Crippen LogP contribution in [-0.4, -0.2) is 5.91 Å². The lowest BCUT2D eigenvalue weighted by Crippen LogP contribution is -2.49. The van der Waals surface area contributed by atoms with Crippen LogP contribution in [0.2, 0.25) is 0 Å². The first-order chi connectivity index (χ1) is 6.18. The third kappa shape index (κ3) is 1.32. The molecule has 1 aliphatic heterocycles. The van der Waals surface area contributed by atoms with Gasteiger partial charge >= 0.3 is 0 Å². The van der Waals surface area contributed by atoms with Gasteiger partial charge in [0, 0.05) is 0 Å². The molecule has 2 heteroatoms. The lowest BCUT2D eigenvalue weighted by atomic mass is 9.86. The number of carbonyl (C=O) groups is 1. The maximum atomic E-state index is 11.0. The number of hydrogen-bond acceptors (Lipinski definition) is 1. The molecule has 2 rings (SSSR count). The van der Waals surface area contributed by atoms with Gasteiger partial charge in [-0.05, 0) is 12.5 Å². The molecule has 0 unspecified atom stereocenters. The molecule has 2 atom stereocenters. The molecule has 0 aliphatic carbocycles. The quantitative estimate of drug-likeness (QED) is 0.648. The van der Waals surface area contributed by atoms with Gasteiger partial charge in [0.05, 0.1) is 12.0 Å². The van der Waals surface area contributed by atoms with E-state index < -0.39 is 0 Å². The molecule has 1 aromatic carbocycles. The average molecular weight is 175 g/mol. The van der Waals surface area contributed by atoms with Crippen LogP contribution in [0.1, 0.15) is 24.1 Å². The Morgan fingerprint density at radius 3 is 2.31 bits per heavy atom. The van der Waals surface area contributed by atoms with Gasteiger partial charge in [-0.15, -0.1) is 0 Å². The monoisotopic (exact) mass is 175 g/mol. The second-order valence-electron chi connectivity index (χ2n) is 3.69. The van der Waals surface area contributed by atoms with Crippen molar-refractivity contribution in [1.82, 2.24) is 5.32 Å². The fourth-order valence-corrected chi connectivity index (χ4v) is 1.61. The average Bonchev–Trinajstić information content (AvgIpc) is 2.15. The Kier molecular flexibility index (Phi) is 1.83. The van der Waals surface area contributed by atoms with E-state index in [1.165, 1.54) is 11.1 Å². The zero-order chi connectivity index (χ0) is 9.42. The van der Waals surface area contributed by atoms with Crippen molar-refractivity contribution < 1.29 is 4.79 Å². The van der Waals surface area contributed by atoms with Crippen LogP contribution in [0.5, 0.6) is 0 Å². The fourth-order valence-electron chi connectivity index (χ4n) is 1.61. The van der Waals surface area contributed by atoms with E-state index >= 15 is 0 Å². The molecule has 1 fully saturated rings. The van der Waals surface area contributed by atoms with Gasteiger partial charge in [0.1, 0.15) is 0 Å². The van der Waals surface area contributed by atoms with Crippen molar-refractivity contribution >= 4 is 5.91 Å². The maximum Gasteiger partial charge on any atom is 0.225 e. The largest absolute Gasteiger partial charge is 0.348 e. The van der Waals surface area contributed by atoms with E-state index in [-0.39, 0.29) is 17.9 Å². The SMILES string of the molecule is Cc1ccc([C@@H]2NC(=O)[C@H]2C)cc1. The topological polar surface area (TPSA) is 29.1 Å². The summed E-state index contributed by atoms with van der Waals surface area (Å²) >= 11 is 0. The van der Waals surface area contributed by atoms with Crippen molar-refractivity contribution in [3.8, 4) is 0 Å². The van der Waals surface area contributed by atoms with E-state index in [4.69, 9.17) is 0 Å². The predicted molar refractivity (Wildman–Crippen MR) is 51.2 cm³/mol. The Labute approximate surface area is 78.0 Å². The minimum absolute atomic E-state index is 0.128. The van der Waals surface area contributed by atoms with Crippen molar-refractivity contribution in [1.29, 1.82) is 0 Å². The van der Waals surface area contributed by atoms with Gasteiger partial charge in [-0.2, -0.15) is 0 Å². The molecular weight excluding hydrogens is 162 g/mol. The van der Waals surface area contributed by atoms with Crippen molar-refractivity contribution in [2.45, 2.75) is 19.9 Å². The van der Waals surface area contributed by atoms with Crippen LogP contribution in [0.25, 0.3) is 0 Å². The molecule has 1 N–H and O–H groups in total. The highest BCUT2D eigenvalue weighted by Gasteiger charge is 2.35. The third-order valence-corrected chi connectivity index (χ3v) is 2.65. The molecule has 13 heavy (non-hydrogen) atoms. The zero-order valence-corrected chi connectivity index (χ0v) is 7.87. The molecule has 1 aromatic rings. The predicted octanol–water partition coefficient (Wildman–Crippen LogP) is 1.80. The summed E-state index contributed by atoms with van der Waals surface area (Å²) in [5, 5.41) is 2.89. The van der Waals surface area contributed by atoms with Crippen molar-refractivity contribution in [2.75, 3.05) is 0 Å². The minimum Gasteiger partial charge on any atom is -0.348 e. The molecule has 1 amide bonds. The Bertz CT molecular complexity index is 328. The summed E-state index contributed by atoms with van der Waals surface area (Å²) in [6.45, 7) is 4.02. The molecule has 1 heterocycles. The van der Waals surface area contributed by atoms with E-state index in [0.29, 0.717) is 0 Å². The number of rotatable bonds is 1. The number of benzene rings is 1. The van der Waals surface area contributed by atoms with Gasteiger partial charge in [0.15, 0.2) is 0 Å². The summed E-state index contributed by atoms with van der Waals surface area (Å²) in [4.78, 5) is 11.0. The second-order valence-corrected chi connectivity index (χ2v) is 3.69. The number of carbonyl (C=O) groups excluding carboxylic acids is 1. The van der Waals surface area contributed by atoms with Crippen LogP contribution in [0.4, 0.5) is 0 Å². The Hall–Kier alpha value is -1.31. The lowest BCUT2D eigenvalue weighted by molar-refractivity contribution is -0.134. The van der Waals surface area contributed by atoms with Crippen molar-refractivity contribution in [3.05, 3.63) is 35.4 Å². The molecular formula is C11H13NO. The zero-order valence-electron chi connectivity index (χ0n) is 7.87. The molecule has 0 spiro atoms. The van der Waals surface area contributed by atoms with Gasteiger partial charge in [-0.25, -0.2) is 0 Å². The number of β-lactam (4-membered cyclic amide) rings is 1. The number of hydrogen-bond donors (Lipinski definition) is 1. The van der Waals surface area contributed by atoms with E-state index in [9.17, 15) is 4.79 Å². The van der Waals surface area contributed by atoms with Crippen LogP contribution in [-0.2, 0) is 4.79 Å². The number of amides is 1. The molecule has 68 valence electrons. The smallest absolute Gasteiger partial charge is 0.225 e. The fraction of sp³-hybridized carbons (Fsp3) is 0.364. The first-order valence-corrected chi connectivity index (χ1v) is 4.55. The normalized spacial score (nSPS) is 26.5. The minimum atomic E-state index is 0.128. The molecule has 2 nitrogen and oxygen atoms in total. The second kappa shape index (κ2) is 2.87. The summed E-state index contributed by atoms with van der Waals surface area (Å²) in [6, 6.07) is 8.54. The molecule has 0 aromatic heterocycles. The first-order valence-electron chi connectivity index (χ1n) is 4.55. The highest BCUT2D eigenvalue weighted by Crippen LogP contribution is 2.29.